The lowest BCUT2D eigenvalue weighted by molar-refractivity contribution is -0.131. The summed E-state index contributed by atoms with van der Waals surface area (Å²) in [5, 5.41) is 9.02. The zero-order chi connectivity index (χ0) is 12.4. The van der Waals surface area contributed by atoms with Crippen LogP contribution in [-0.4, -0.2) is 30.1 Å². The summed E-state index contributed by atoms with van der Waals surface area (Å²) in [6, 6.07) is 4.61. The van der Waals surface area contributed by atoms with Crippen LogP contribution >= 0.6 is 11.6 Å². The summed E-state index contributed by atoms with van der Waals surface area (Å²) in [5.41, 5.74) is 1.01. The Balaban J connectivity index is 2.28. The second-order valence-corrected chi connectivity index (χ2v) is 4.34. The molecule has 0 spiro atoms. The first-order valence-corrected chi connectivity index (χ1v) is 5.62. The van der Waals surface area contributed by atoms with Gasteiger partial charge in [0.05, 0.1) is 6.61 Å². The molecule has 1 aliphatic rings. The molecule has 0 bridgehead atoms. The molecule has 1 aromatic carbocycles. The average molecular weight is 255 g/mol. The number of carbonyl (C=O) groups is 2. The monoisotopic (exact) mass is 254 g/mol. The third-order valence-corrected chi connectivity index (χ3v) is 3.15. The molecule has 2 rings (SSSR count). The molecule has 1 aliphatic heterocycles. The summed E-state index contributed by atoms with van der Waals surface area (Å²) in [6.45, 7) is 1.32. The van der Waals surface area contributed by atoms with E-state index in [4.69, 9.17) is 21.4 Å². The van der Waals surface area contributed by atoms with Crippen LogP contribution in [0.1, 0.15) is 28.3 Å². The fraction of sp³-hybridized carbons (Fsp3) is 0.333. The van der Waals surface area contributed by atoms with Gasteiger partial charge in [0.2, 0.25) is 0 Å². The molecule has 1 saturated heterocycles. The second kappa shape index (κ2) is 4.85. The molecule has 0 aromatic heterocycles. The van der Waals surface area contributed by atoms with E-state index in [1.165, 1.54) is 12.1 Å². The van der Waals surface area contributed by atoms with Crippen LogP contribution in [-0.2, 0) is 9.53 Å². The Morgan fingerprint density at radius 3 is 2.71 bits per heavy atom. The maximum Gasteiger partial charge on any atom is 0.377 e. The maximum atomic E-state index is 11.2. The SMILES string of the molecule is O=C(O)C(=O)c1ccc(C2CCOC2)c(Cl)c1. The van der Waals surface area contributed by atoms with E-state index in [1.54, 1.807) is 6.07 Å². The van der Waals surface area contributed by atoms with Crippen molar-refractivity contribution in [3.8, 4) is 0 Å². The zero-order valence-corrected chi connectivity index (χ0v) is 9.74. The van der Waals surface area contributed by atoms with Crippen molar-refractivity contribution >= 4 is 23.4 Å². The molecule has 1 aromatic rings. The van der Waals surface area contributed by atoms with Crippen LogP contribution in [0.4, 0.5) is 0 Å². The van der Waals surface area contributed by atoms with Gasteiger partial charge in [-0.15, -0.1) is 0 Å². The molecule has 90 valence electrons. The molecule has 1 fully saturated rings. The van der Waals surface area contributed by atoms with E-state index in [0.29, 0.717) is 18.2 Å². The van der Waals surface area contributed by atoms with Gasteiger partial charge in [-0.3, -0.25) is 4.79 Å². The highest BCUT2D eigenvalue weighted by Crippen LogP contribution is 2.31. The highest BCUT2D eigenvalue weighted by Gasteiger charge is 2.22. The van der Waals surface area contributed by atoms with Crippen LogP contribution < -0.4 is 0 Å². The Hall–Kier alpha value is -1.39. The number of carbonyl (C=O) groups excluding carboxylic acids is 1. The van der Waals surface area contributed by atoms with Gasteiger partial charge >= 0.3 is 5.97 Å². The van der Waals surface area contributed by atoms with E-state index < -0.39 is 11.8 Å². The van der Waals surface area contributed by atoms with Gasteiger partial charge < -0.3 is 9.84 Å². The van der Waals surface area contributed by atoms with Crippen molar-refractivity contribution < 1.29 is 19.4 Å². The Labute approximate surface area is 103 Å². The number of Topliss-reactive ketones (excluding diaryl/α,β-unsaturated/α-hetero) is 1. The molecule has 17 heavy (non-hydrogen) atoms. The normalized spacial score (nSPS) is 19.2. The number of ketones is 1. The first-order valence-electron chi connectivity index (χ1n) is 5.24. The number of hydrogen-bond acceptors (Lipinski definition) is 3. The van der Waals surface area contributed by atoms with Gasteiger partial charge in [-0.25, -0.2) is 4.79 Å². The zero-order valence-electron chi connectivity index (χ0n) is 8.98. The lowest BCUT2D eigenvalue weighted by Crippen LogP contribution is -2.13. The highest BCUT2D eigenvalue weighted by molar-refractivity contribution is 6.40. The highest BCUT2D eigenvalue weighted by atomic mass is 35.5. The quantitative estimate of drug-likeness (QED) is 0.663. The summed E-state index contributed by atoms with van der Waals surface area (Å²) in [5.74, 6) is -2.18. The van der Waals surface area contributed by atoms with Crippen molar-refractivity contribution in [3.63, 3.8) is 0 Å². The topological polar surface area (TPSA) is 63.6 Å². The largest absolute Gasteiger partial charge is 0.475 e. The predicted octanol–water partition coefficient (Wildman–Crippen LogP) is 2.11. The van der Waals surface area contributed by atoms with Crippen LogP contribution in [0.5, 0.6) is 0 Å². The first-order chi connectivity index (χ1) is 8.09. The molecule has 1 heterocycles. The van der Waals surface area contributed by atoms with Crippen molar-refractivity contribution in [1.29, 1.82) is 0 Å². The van der Waals surface area contributed by atoms with E-state index in [-0.39, 0.29) is 11.5 Å². The third-order valence-electron chi connectivity index (χ3n) is 2.83. The Kier molecular flexibility index (Phi) is 3.45. The fourth-order valence-corrected chi connectivity index (χ4v) is 2.24. The minimum atomic E-state index is -1.47. The van der Waals surface area contributed by atoms with Crippen LogP contribution in [0.2, 0.25) is 5.02 Å². The van der Waals surface area contributed by atoms with E-state index >= 15 is 0 Å². The Bertz CT molecular complexity index is 464. The average Bonchev–Trinajstić information content (AvgIpc) is 2.81. The summed E-state index contributed by atoms with van der Waals surface area (Å²) in [4.78, 5) is 21.8. The first kappa shape index (κ1) is 12.1. The van der Waals surface area contributed by atoms with Gasteiger partial charge in [-0.1, -0.05) is 23.7 Å². The van der Waals surface area contributed by atoms with Crippen LogP contribution in [0, 0.1) is 0 Å². The van der Waals surface area contributed by atoms with Crippen molar-refractivity contribution in [2.45, 2.75) is 12.3 Å². The number of rotatable bonds is 3. The molecule has 0 radical (unpaired) electrons. The van der Waals surface area contributed by atoms with E-state index in [2.05, 4.69) is 0 Å². The van der Waals surface area contributed by atoms with Gasteiger partial charge in [0.15, 0.2) is 0 Å². The van der Waals surface area contributed by atoms with E-state index in [0.717, 1.165) is 12.0 Å². The molecule has 1 atom stereocenters. The smallest absolute Gasteiger partial charge is 0.377 e. The summed E-state index contributed by atoms with van der Waals surface area (Å²) in [7, 11) is 0. The maximum absolute atomic E-state index is 11.2. The number of benzene rings is 1. The molecule has 5 heteroatoms. The second-order valence-electron chi connectivity index (χ2n) is 3.93. The molecule has 0 aliphatic carbocycles. The standard InChI is InChI=1S/C12H11ClO4/c13-10-5-7(11(14)12(15)16)1-2-9(10)8-3-4-17-6-8/h1-2,5,8H,3-4,6H2,(H,15,16). The lowest BCUT2D eigenvalue weighted by Gasteiger charge is -2.10. The van der Waals surface area contributed by atoms with Crippen LogP contribution in [0.25, 0.3) is 0 Å². The number of carboxylic acid groups (broad SMARTS) is 1. The number of ether oxygens (including phenoxy) is 1. The van der Waals surface area contributed by atoms with Gasteiger partial charge in [-0.05, 0) is 18.1 Å². The summed E-state index contributed by atoms with van der Waals surface area (Å²) < 4.78 is 5.26. The molecular formula is C12H11ClO4. The molecular weight excluding hydrogens is 244 g/mol. The fourth-order valence-electron chi connectivity index (χ4n) is 1.90. The minimum absolute atomic E-state index is 0.102. The number of aliphatic carboxylic acids is 1. The van der Waals surface area contributed by atoms with Crippen LogP contribution in [0.3, 0.4) is 0 Å². The molecule has 1 unspecified atom stereocenters. The van der Waals surface area contributed by atoms with Crippen molar-refractivity contribution in [1.82, 2.24) is 0 Å². The predicted molar refractivity (Wildman–Crippen MR) is 61.6 cm³/mol. The minimum Gasteiger partial charge on any atom is -0.475 e. The number of hydrogen-bond donors (Lipinski definition) is 1. The van der Waals surface area contributed by atoms with Gasteiger partial charge in [-0.2, -0.15) is 0 Å². The number of carboxylic acids is 1. The van der Waals surface area contributed by atoms with Gasteiger partial charge in [0, 0.05) is 23.1 Å². The summed E-state index contributed by atoms with van der Waals surface area (Å²) in [6.07, 6.45) is 0.895. The number of halogens is 1. The molecule has 0 saturated carbocycles. The van der Waals surface area contributed by atoms with E-state index in [1.807, 2.05) is 0 Å². The molecule has 4 nitrogen and oxygen atoms in total. The molecule has 0 amide bonds. The Morgan fingerprint density at radius 1 is 1.41 bits per heavy atom. The van der Waals surface area contributed by atoms with Crippen LogP contribution in [0.15, 0.2) is 18.2 Å². The summed E-state index contributed by atoms with van der Waals surface area (Å²) >= 11 is 6.06. The Morgan fingerprint density at radius 2 is 2.18 bits per heavy atom. The lowest BCUT2D eigenvalue weighted by atomic mass is 9.96. The van der Waals surface area contributed by atoms with Crippen molar-refractivity contribution in [3.05, 3.63) is 34.3 Å². The van der Waals surface area contributed by atoms with Gasteiger partial charge in [0.25, 0.3) is 5.78 Å². The third kappa shape index (κ3) is 2.48. The van der Waals surface area contributed by atoms with Crippen molar-refractivity contribution in [2.75, 3.05) is 13.2 Å². The molecule has 1 N–H and O–H groups in total. The van der Waals surface area contributed by atoms with Crippen molar-refractivity contribution in [2.24, 2.45) is 0 Å². The van der Waals surface area contributed by atoms with Gasteiger partial charge in [0.1, 0.15) is 0 Å². The van der Waals surface area contributed by atoms with E-state index in [9.17, 15) is 9.59 Å².